The number of rotatable bonds is 5. The fraction of sp³-hybridized carbons (Fsp3) is 0.500. The maximum atomic E-state index is 11.6. The zero-order valence-electron chi connectivity index (χ0n) is 11.3. The molecule has 18 heavy (non-hydrogen) atoms. The van der Waals surface area contributed by atoms with Crippen molar-refractivity contribution in [1.82, 2.24) is 10.2 Å². The smallest absolute Gasteiger partial charge is 0.317 e. The average Bonchev–Trinajstić information content (AvgIpc) is 2.35. The number of benzene rings is 1. The fourth-order valence-electron chi connectivity index (χ4n) is 1.72. The lowest BCUT2D eigenvalue weighted by atomic mass is 9.99. The minimum atomic E-state index is -0.149. The number of likely N-dealkylation sites (N-methyl/N-ethyl adjacent to an activating group) is 1. The lowest BCUT2D eigenvalue weighted by Crippen LogP contribution is -2.40. The van der Waals surface area contributed by atoms with Crippen LogP contribution in [-0.4, -0.2) is 42.8 Å². The van der Waals surface area contributed by atoms with E-state index in [1.165, 1.54) is 16.0 Å². The Balaban J connectivity index is 2.46. The quantitative estimate of drug-likeness (QED) is 0.836. The van der Waals surface area contributed by atoms with Crippen LogP contribution in [0.2, 0.25) is 0 Å². The molecule has 0 spiro atoms. The number of aryl methyl sites for hydroxylation is 1. The van der Waals surface area contributed by atoms with Gasteiger partial charge in [-0.15, -0.1) is 0 Å². The highest BCUT2D eigenvalue weighted by atomic mass is 16.3. The van der Waals surface area contributed by atoms with Gasteiger partial charge >= 0.3 is 6.03 Å². The fourth-order valence-corrected chi connectivity index (χ4v) is 1.72. The van der Waals surface area contributed by atoms with Gasteiger partial charge in [-0.1, -0.05) is 36.8 Å². The van der Waals surface area contributed by atoms with Crippen molar-refractivity contribution in [3.05, 3.63) is 35.4 Å². The third kappa shape index (κ3) is 4.37. The molecule has 100 valence electrons. The first-order valence-electron chi connectivity index (χ1n) is 6.21. The lowest BCUT2D eigenvalue weighted by molar-refractivity contribution is 0.190. The van der Waals surface area contributed by atoms with Crippen molar-refractivity contribution in [2.75, 3.05) is 26.7 Å². The number of nitrogens with zero attached hydrogens (tertiary/aromatic N) is 1. The summed E-state index contributed by atoms with van der Waals surface area (Å²) in [5, 5.41) is 11.6. The molecule has 1 unspecified atom stereocenters. The lowest BCUT2D eigenvalue weighted by Gasteiger charge is -2.19. The number of aliphatic hydroxyl groups excluding tert-OH is 1. The number of amides is 2. The summed E-state index contributed by atoms with van der Waals surface area (Å²) in [7, 11) is 1.67. The van der Waals surface area contributed by atoms with E-state index in [0.29, 0.717) is 13.1 Å². The van der Waals surface area contributed by atoms with E-state index in [1.807, 2.05) is 6.07 Å². The molecule has 1 atom stereocenters. The summed E-state index contributed by atoms with van der Waals surface area (Å²) >= 11 is 0. The summed E-state index contributed by atoms with van der Waals surface area (Å²) in [6, 6.07) is 8.14. The molecule has 4 nitrogen and oxygen atoms in total. The summed E-state index contributed by atoms with van der Waals surface area (Å²) in [4.78, 5) is 13.1. The summed E-state index contributed by atoms with van der Waals surface area (Å²) in [5.41, 5.74) is 2.45. The van der Waals surface area contributed by atoms with Crippen molar-refractivity contribution < 1.29 is 9.90 Å². The second-order valence-corrected chi connectivity index (χ2v) is 4.65. The van der Waals surface area contributed by atoms with Crippen LogP contribution in [0, 0.1) is 6.92 Å². The summed E-state index contributed by atoms with van der Waals surface area (Å²) in [6.45, 7) is 5.07. The standard InChI is InChI=1S/C14H22N2O2/c1-11-5-4-6-13(9-11)12(2)10-15-14(18)16(3)7-8-17/h4-6,9,12,17H,7-8,10H2,1-3H3,(H,15,18). The molecule has 0 aromatic heterocycles. The Kier molecular flexibility index (Phi) is 5.65. The molecule has 2 N–H and O–H groups in total. The average molecular weight is 250 g/mol. The molecular formula is C14H22N2O2. The minimum absolute atomic E-state index is 0.0165. The van der Waals surface area contributed by atoms with Crippen molar-refractivity contribution in [3.8, 4) is 0 Å². The van der Waals surface area contributed by atoms with E-state index in [1.54, 1.807) is 7.05 Å². The molecule has 0 aliphatic carbocycles. The summed E-state index contributed by atoms with van der Waals surface area (Å²) < 4.78 is 0. The molecule has 1 aromatic rings. The van der Waals surface area contributed by atoms with Crippen molar-refractivity contribution in [2.45, 2.75) is 19.8 Å². The third-order valence-corrected chi connectivity index (χ3v) is 2.95. The molecule has 0 saturated heterocycles. The number of hydrogen-bond donors (Lipinski definition) is 2. The highest BCUT2D eigenvalue weighted by Gasteiger charge is 2.10. The zero-order chi connectivity index (χ0) is 13.5. The summed E-state index contributed by atoms with van der Waals surface area (Å²) in [5.74, 6) is 0.274. The summed E-state index contributed by atoms with van der Waals surface area (Å²) in [6.07, 6.45) is 0. The number of carbonyl (C=O) groups is 1. The van der Waals surface area contributed by atoms with Gasteiger partial charge in [0.25, 0.3) is 0 Å². The molecule has 0 bridgehead atoms. The third-order valence-electron chi connectivity index (χ3n) is 2.95. The number of urea groups is 1. The van der Waals surface area contributed by atoms with Crippen LogP contribution in [0.3, 0.4) is 0 Å². The van der Waals surface area contributed by atoms with Crippen molar-refractivity contribution in [1.29, 1.82) is 0 Å². The topological polar surface area (TPSA) is 52.6 Å². The van der Waals surface area contributed by atoms with E-state index in [9.17, 15) is 4.79 Å². The Bertz CT molecular complexity index is 393. The van der Waals surface area contributed by atoms with E-state index < -0.39 is 0 Å². The Labute approximate surface area is 109 Å². The van der Waals surface area contributed by atoms with Gasteiger partial charge in [0.05, 0.1) is 6.61 Å². The van der Waals surface area contributed by atoms with E-state index in [2.05, 4.69) is 37.4 Å². The van der Waals surface area contributed by atoms with Crippen LogP contribution in [0.5, 0.6) is 0 Å². The molecule has 0 saturated carbocycles. The van der Waals surface area contributed by atoms with Crippen LogP contribution in [0.4, 0.5) is 4.79 Å². The first-order chi connectivity index (χ1) is 8.54. The first kappa shape index (κ1) is 14.5. The normalized spacial score (nSPS) is 12.0. The van der Waals surface area contributed by atoms with Crippen LogP contribution < -0.4 is 5.32 Å². The molecule has 0 aliphatic heterocycles. The van der Waals surface area contributed by atoms with Crippen LogP contribution in [0.15, 0.2) is 24.3 Å². The van der Waals surface area contributed by atoms with Crippen molar-refractivity contribution >= 4 is 6.03 Å². The minimum Gasteiger partial charge on any atom is -0.395 e. The van der Waals surface area contributed by atoms with E-state index in [4.69, 9.17) is 5.11 Å². The van der Waals surface area contributed by atoms with Crippen molar-refractivity contribution in [2.24, 2.45) is 0 Å². The Hall–Kier alpha value is -1.55. The van der Waals surface area contributed by atoms with Crippen LogP contribution in [0.25, 0.3) is 0 Å². The van der Waals surface area contributed by atoms with Gasteiger partial charge in [-0.25, -0.2) is 4.79 Å². The Morgan fingerprint density at radius 3 is 2.83 bits per heavy atom. The predicted octanol–water partition coefficient (Wildman–Crippen LogP) is 1.73. The van der Waals surface area contributed by atoms with E-state index in [-0.39, 0.29) is 18.6 Å². The SMILES string of the molecule is Cc1cccc(C(C)CNC(=O)N(C)CCO)c1. The van der Waals surface area contributed by atoms with Gasteiger partial charge in [0.1, 0.15) is 0 Å². The predicted molar refractivity (Wildman–Crippen MR) is 72.7 cm³/mol. The Morgan fingerprint density at radius 2 is 2.22 bits per heavy atom. The maximum absolute atomic E-state index is 11.6. The van der Waals surface area contributed by atoms with Gasteiger partial charge in [-0.05, 0) is 18.4 Å². The number of aliphatic hydroxyl groups is 1. The van der Waals surface area contributed by atoms with Gasteiger partial charge in [0.15, 0.2) is 0 Å². The molecule has 2 amide bonds. The molecule has 0 heterocycles. The zero-order valence-corrected chi connectivity index (χ0v) is 11.3. The monoisotopic (exact) mass is 250 g/mol. The largest absolute Gasteiger partial charge is 0.395 e. The van der Waals surface area contributed by atoms with E-state index >= 15 is 0 Å². The molecular weight excluding hydrogens is 228 g/mol. The molecule has 0 aliphatic rings. The van der Waals surface area contributed by atoms with Crippen LogP contribution >= 0.6 is 0 Å². The number of nitrogens with one attached hydrogen (secondary N) is 1. The van der Waals surface area contributed by atoms with Crippen LogP contribution in [-0.2, 0) is 0 Å². The first-order valence-corrected chi connectivity index (χ1v) is 6.21. The van der Waals surface area contributed by atoms with Crippen molar-refractivity contribution in [3.63, 3.8) is 0 Å². The molecule has 0 fully saturated rings. The highest BCUT2D eigenvalue weighted by Crippen LogP contribution is 2.15. The number of hydrogen-bond acceptors (Lipinski definition) is 2. The van der Waals surface area contributed by atoms with Gasteiger partial charge < -0.3 is 15.3 Å². The molecule has 1 rings (SSSR count). The second kappa shape index (κ2) is 7.01. The molecule has 4 heteroatoms. The van der Waals surface area contributed by atoms with Gasteiger partial charge in [-0.2, -0.15) is 0 Å². The van der Waals surface area contributed by atoms with Crippen LogP contribution in [0.1, 0.15) is 24.0 Å². The van der Waals surface area contributed by atoms with Gasteiger partial charge in [-0.3, -0.25) is 0 Å². The maximum Gasteiger partial charge on any atom is 0.317 e. The highest BCUT2D eigenvalue weighted by molar-refractivity contribution is 5.73. The molecule has 1 aromatic carbocycles. The second-order valence-electron chi connectivity index (χ2n) is 4.65. The van der Waals surface area contributed by atoms with E-state index in [0.717, 1.165) is 0 Å². The Morgan fingerprint density at radius 1 is 1.50 bits per heavy atom. The van der Waals surface area contributed by atoms with Gasteiger partial charge in [0.2, 0.25) is 0 Å². The van der Waals surface area contributed by atoms with Gasteiger partial charge in [0, 0.05) is 20.1 Å². The number of carbonyl (C=O) groups excluding carboxylic acids is 1. The molecule has 0 radical (unpaired) electrons.